The molecule has 2 fully saturated rings. The fraction of sp³-hybridized carbons (Fsp3) is 0.467. The van der Waals surface area contributed by atoms with Gasteiger partial charge in [0.2, 0.25) is 0 Å². The summed E-state index contributed by atoms with van der Waals surface area (Å²) in [5.74, 6) is 1.62. The molecule has 2 aromatic carbocycles. The van der Waals surface area contributed by atoms with Gasteiger partial charge < -0.3 is 19.7 Å². The molecule has 37 heavy (non-hydrogen) atoms. The van der Waals surface area contributed by atoms with Crippen LogP contribution in [0.15, 0.2) is 41.8 Å². The maximum atomic E-state index is 12.5. The minimum absolute atomic E-state index is 0.00776. The van der Waals surface area contributed by atoms with E-state index in [0.717, 1.165) is 67.6 Å². The molecule has 1 unspecified atom stereocenters. The molecule has 194 valence electrons. The second kappa shape index (κ2) is 10.5. The molecule has 1 saturated heterocycles. The largest absolute Gasteiger partial charge is 0.488 e. The number of carbonyl (C=O) groups excluding carboxylic acids is 1. The lowest BCUT2D eigenvalue weighted by Crippen LogP contribution is -2.45. The van der Waals surface area contributed by atoms with E-state index in [2.05, 4.69) is 58.9 Å². The Morgan fingerprint density at radius 2 is 1.97 bits per heavy atom. The summed E-state index contributed by atoms with van der Waals surface area (Å²) in [6, 6.07) is 13.0. The molecule has 3 atom stereocenters. The monoisotopic (exact) mass is 517 g/mol. The summed E-state index contributed by atoms with van der Waals surface area (Å²) in [6.45, 7) is 8.73. The normalized spacial score (nSPS) is 22.5. The minimum atomic E-state index is -0.00776. The zero-order valence-electron chi connectivity index (χ0n) is 21.7. The molecule has 1 aromatic heterocycles. The Morgan fingerprint density at radius 1 is 1.14 bits per heavy atom. The van der Waals surface area contributed by atoms with Crippen LogP contribution in [-0.4, -0.2) is 37.2 Å². The highest BCUT2D eigenvalue weighted by Gasteiger charge is 2.47. The van der Waals surface area contributed by atoms with Crippen LogP contribution in [0.5, 0.6) is 5.75 Å². The summed E-state index contributed by atoms with van der Waals surface area (Å²) in [6.07, 6.45) is 3.26. The molecule has 3 aromatic rings. The zero-order chi connectivity index (χ0) is 25.4. The van der Waals surface area contributed by atoms with Crippen LogP contribution in [0.4, 0.5) is 5.13 Å². The SMILES string of the molecule is CCOC(=O)C1[C@@H]2CC[C@H]1CN(c1nc(-c3cc(C)ccc3OCc3ccc4c(c3)CCNC4)cs1)C2. The van der Waals surface area contributed by atoms with Crippen molar-refractivity contribution in [3.63, 3.8) is 0 Å². The number of aromatic nitrogens is 1. The molecule has 0 amide bonds. The standard InChI is InChI=1S/C30H35N3O3S/c1-3-35-29(34)28-23-7-8-24(28)16-33(15-23)30-32-26(18-37-30)25-12-19(2)4-9-27(25)36-17-20-5-6-22-14-31-11-10-21(22)13-20/h4-6,9,12-13,18,23-24,28,31H,3,7-8,10-11,14-17H2,1-2H3/t23-,24+,28?. The van der Waals surface area contributed by atoms with Gasteiger partial charge in [0.25, 0.3) is 0 Å². The van der Waals surface area contributed by atoms with Crippen molar-refractivity contribution in [2.24, 2.45) is 17.8 Å². The first-order valence-corrected chi connectivity index (χ1v) is 14.4. The van der Waals surface area contributed by atoms with Crippen LogP contribution in [0.3, 0.4) is 0 Å². The number of nitrogens with zero attached hydrogens (tertiary/aromatic N) is 2. The minimum Gasteiger partial charge on any atom is -0.488 e. The third kappa shape index (κ3) is 4.99. The van der Waals surface area contributed by atoms with Gasteiger partial charge in [0, 0.05) is 30.6 Å². The van der Waals surface area contributed by atoms with Gasteiger partial charge in [-0.05, 0) is 80.3 Å². The maximum Gasteiger partial charge on any atom is 0.309 e. The molecule has 3 heterocycles. The number of hydrogen-bond acceptors (Lipinski definition) is 7. The highest BCUT2D eigenvalue weighted by atomic mass is 32.1. The van der Waals surface area contributed by atoms with Crippen molar-refractivity contribution in [3.05, 3.63) is 64.0 Å². The quantitative estimate of drug-likeness (QED) is 0.425. The van der Waals surface area contributed by atoms with Crippen LogP contribution in [0, 0.1) is 24.7 Å². The van der Waals surface area contributed by atoms with Crippen LogP contribution in [0.25, 0.3) is 11.3 Å². The molecule has 0 spiro atoms. The lowest BCUT2D eigenvalue weighted by molar-refractivity contribution is -0.151. The number of aryl methyl sites for hydroxylation is 1. The molecule has 1 saturated carbocycles. The molecule has 1 aliphatic carbocycles. The Kier molecular flexibility index (Phi) is 6.91. The maximum absolute atomic E-state index is 12.5. The van der Waals surface area contributed by atoms with Crippen LogP contribution in [0.1, 0.15) is 42.0 Å². The van der Waals surface area contributed by atoms with Gasteiger partial charge in [-0.3, -0.25) is 4.79 Å². The van der Waals surface area contributed by atoms with Gasteiger partial charge in [-0.2, -0.15) is 0 Å². The van der Waals surface area contributed by atoms with Crippen molar-refractivity contribution in [3.8, 4) is 17.0 Å². The molecule has 6 nitrogen and oxygen atoms in total. The molecule has 7 heteroatoms. The number of ether oxygens (including phenoxy) is 2. The highest BCUT2D eigenvalue weighted by molar-refractivity contribution is 7.14. The number of carbonyl (C=O) groups is 1. The van der Waals surface area contributed by atoms with Crippen molar-refractivity contribution < 1.29 is 14.3 Å². The van der Waals surface area contributed by atoms with E-state index in [-0.39, 0.29) is 11.9 Å². The number of benzene rings is 2. The van der Waals surface area contributed by atoms with Crippen LogP contribution in [-0.2, 0) is 29.1 Å². The van der Waals surface area contributed by atoms with Gasteiger partial charge in [-0.15, -0.1) is 11.3 Å². The van der Waals surface area contributed by atoms with E-state index < -0.39 is 0 Å². The van der Waals surface area contributed by atoms with Gasteiger partial charge in [0.1, 0.15) is 12.4 Å². The van der Waals surface area contributed by atoms with Crippen molar-refractivity contribution in [2.75, 3.05) is 31.1 Å². The van der Waals surface area contributed by atoms with E-state index in [1.54, 1.807) is 11.3 Å². The summed E-state index contributed by atoms with van der Waals surface area (Å²) in [4.78, 5) is 20.0. The molecule has 0 radical (unpaired) electrons. The van der Waals surface area contributed by atoms with E-state index in [1.165, 1.54) is 22.3 Å². The summed E-state index contributed by atoms with van der Waals surface area (Å²) in [5.41, 5.74) is 7.19. The van der Waals surface area contributed by atoms with E-state index in [0.29, 0.717) is 25.0 Å². The Balaban J connectivity index is 1.18. The number of esters is 1. The molecule has 2 bridgehead atoms. The van der Waals surface area contributed by atoms with Crippen molar-refractivity contribution in [2.45, 2.75) is 46.3 Å². The Hall–Kier alpha value is -2.90. The number of fused-ring (bicyclic) bond motifs is 3. The second-order valence-electron chi connectivity index (χ2n) is 10.6. The fourth-order valence-corrected chi connectivity index (χ4v) is 7.13. The van der Waals surface area contributed by atoms with Gasteiger partial charge >= 0.3 is 5.97 Å². The lowest BCUT2D eigenvalue weighted by Gasteiger charge is -2.36. The number of hydrogen-bond donors (Lipinski definition) is 1. The van der Waals surface area contributed by atoms with Crippen LogP contribution in [0.2, 0.25) is 0 Å². The molecule has 3 aliphatic rings. The topological polar surface area (TPSA) is 63.7 Å². The first-order valence-electron chi connectivity index (χ1n) is 13.5. The lowest BCUT2D eigenvalue weighted by atomic mass is 9.85. The van der Waals surface area contributed by atoms with E-state index in [1.807, 2.05) is 6.92 Å². The number of anilines is 1. The van der Waals surface area contributed by atoms with E-state index in [9.17, 15) is 4.79 Å². The second-order valence-corrected chi connectivity index (χ2v) is 11.5. The molecule has 6 rings (SSSR count). The van der Waals surface area contributed by atoms with E-state index >= 15 is 0 Å². The van der Waals surface area contributed by atoms with Gasteiger partial charge in [0.15, 0.2) is 5.13 Å². The van der Waals surface area contributed by atoms with Crippen molar-refractivity contribution in [1.29, 1.82) is 0 Å². The molecule has 1 N–H and O–H groups in total. The smallest absolute Gasteiger partial charge is 0.309 e. The average Bonchev–Trinajstić information content (AvgIpc) is 3.50. The van der Waals surface area contributed by atoms with Crippen LogP contribution < -0.4 is 15.0 Å². The Labute approximate surface area is 223 Å². The fourth-order valence-electron chi connectivity index (χ4n) is 6.29. The summed E-state index contributed by atoms with van der Waals surface area (Å²) in [5, 5.41) is 6.61. The molecule has 2 aliphatic heterocycles. The third-order valence-corrected chi connectivity index (χ3v) is 9.02. The number of nitrogens with one attached hydrogen (secondary N) is 1. The summed E-state index contributed by atoms with van der Waals surface area (Å²) < 4.78 is 11.8. The predicted molar refractivity (Wildman–Crippen MR) is 147 cm³/mol. The van der Waals surface area contributed by atoms with Gasteiger partial charge in [-0.25, -0.2) is 4.98 Å². The number of thiazole rings is 1. The Bertz CT molecular complexity index is 1270. The highest BCUT2D eigenvalue weighted by Crippen LogP contribution is 2.45. The zero-order valence-corrected chi connectivity index (χ0v) is 22.5. The van der Waals surface area contributed by atoms with E-state index in [4.69, 9.17) is 14.5 Å². The van der Waals surface area contributed by atoms with Gasteiger partial charge in [-0.1, -0.05) is 29.8 Å². The Morgan fingerprint density at radius 3 is 2.78 bits per heavy atom. The number of rotatable bonds is 7. The van der Waals surface area contributed by atoms with Gasteiger partial charge in [0.05, 0.1) is 18.2 Å². The predicted octanol–water partition coefficient (Wildman–Crippen LogP) is 5.37. The molecular weight excluding hydrogens is 482 g/mol. The first kappa shape index (κ1) is 24.4. The van der Waals surface area contributed by atoms with Crippen LogP contribution >= 0.6 is 11.3 Å². The average molecular weight is 518 g/mol. The summed E-state index contributed by atoms with van der Waals surface area (Å²) in [7, 11) is 0. The van der Waals surface area contributed by atoms with Crippen molar-refractivity contribution in [1.82, 2.24) is 10.3 Å². The van der Waals surface area contributed by atoms with Crippen molar-refractivity contribution >= 4 is 22.4 Å². The first-order chi connectivity index (χ1) is 18.1. The number of piperidine rings is 1. The molecular formula is C30H35N3O3S. The third-order valence-electron chi connectivity index (χ3n) is 8.12. The summed E-state index contributed by atoms with van der Waals surface area (Å²) >= 11 is 1.68.